The van der Waals surface area contributed by atoms with Crippen LogP contribution < -0.4 is 5.84 Å². The highest BCUT2D eigenvalue weighted by Crippen LogP contribution is 2.26. The molecule has 1 aliphatic heterocycles. The monoisotopic (exact) mass is 256 g/mol. The van der Waals surface area contributed by atoms with E-state index in [0.29, 0.717) is 17.0 Å². The Morgan fingerprint density at radius 1 is 1.21 bits per heavy atom. The summed E-state index contributed by atoms with van der Waals surface area (Å²) in [4.78, 5) is 16.2. The first-order valence-electron chi connectivity index (χ1n) is 6.15. The predicted molar refractivity (Wildman–Crippen MR) is 76.0 cm³/mol. The van der Waals surface area contributed by atoms with E-state index in [1.54, 1.807) is 0 Å². The van der Waals surface area contributed by atoms with Gasteiger partial charge in [-0.3, -0.25) is 4.79 Å². The Balaban J connectivity index is 0.000000637. The number of hydrogen-bond acceptors (Lipinski definition) is 5. The lowest BCUT2D eigenvalue weighted by Gasteiger charge is -2.17. The van der Waals surface area contributed by atoms with Gasteiger partial charge in [0.25, 0.3) is 0 Å². The van der Waals surface area contributed by atoms with Gasteiger partial charge in [0.1, 0.15) is 11.4 Å². The molecule has 1 aliphatic carbocycles. The largest absolute Gasteiger partial charge is 0.287 e. The zero-order valence-electron chi connectivity index (χ0n) is 11.3. The van der Waals surface area contributed by atoms with Crippen molar-refractivity contribution >= 4 is 17.2 Å². The molecule has 0 atom stereocenters. The van der Waals surface area contributed by atoms with E-state index in [2.05, 4.69) is 16.7 Å². The van der Waals surface area contributed by atoms with Crippen molar-refractivity contribution in [3.05, 3.63) is 47.3 Å². The third kappa shape index (κ3) is 1.98. The van der Waals surface area contributed by atoms with Gasteiger partial charge in [0.2, 0.25) is 5.78 Å². The molecule has 0 radical (unpaired) electrons. The van der Waals surface area contributed by atoms with Crippen LogP contribution in [0, 0.1) is 6.92 Å². The summed E-state index contributed by atoms with van der Waals surface area (Å²) in [5.74, 6) is 5.75. The fourth-order valence-electron chi connectivity index (χ4n) is 1.97. The summed E-state index contributed by atoms with van der Waals surface area (Å²) in [6.07, 6.45) is 0. The SMILES string of the molecule is C=C1N=C2C(=O)c3cc(C)ccc3C2=NN1N.CC. The van der Waals surface area contributed by atoms with Crippen molar-refractivity contribution < 1.29 is 4.79 Å². The molecule has 3 rings (SSSR count). The van der Waals surface area contributed by atoms with Gasteiger partial charge in [-0.1, -0.05) is 38.1 Å². The van der Waals surface area contributed by atoms with E-state index in [9.17, 15) is 4.79 Å². The molecule has 0 fully saturated rings. The van der Waals surface area contributed by atoms with E-state index in [-0.39, 0.29) is 11.6 Å². The van der Waals surface area contributed by atoms with Gasteiger partial charge < -0.3 is 0 Å². The number of carbonyl (C=O) groups excluding carboxylic acids is 1. The number of benzene rings is 1. The lowest BCUT2D eigenvalue weighted by Crippen LogP contribution is -2.32. The number of ketones is 1. The molecule has 5 nitrogen and oxygen atoms in total. The molecule has 2 N–H and O–H groups in total. The lowest BCUT2D eigenvalue weighted by molar-refractivity contribution is 0.106. The van der Waals surface area contributed by atoms with Gasteiger partial charge in [-0.05, 0) is 13.0 Å². The van der Waals surface area contributed by atoms with Crippen LogP contribution in [-0.4, -0.2) is 22.3 Å². The van der Waals surface area contributed by atoms with E-state index in [1.807, 2.05) is 39.0 Å². The molecule has 98 valence electrons. The Labute approximate surface area is 112 Å². The van der Waals surface area contributed by atoms with Gasteiger partial charge in [-0.15, -0.1) is 0 Å². The number of rotatable bonds is 0. The molecular weight excluding hydrogens is 240 g/mol. The molecule has 19 heavy (non-hydrogen) atoms. The number of nitrogens with two attached hydrogens (primary N) is 1. The number of hydrogen-bond donors (Lipinski definition) is 1. The molecular formula is C14H16N4O. The zero-order chi connectivity index (χ0) is 14.2. The van der Waals surface area contributed by atoms with Gasteiger partial charge in [-0.25, -0.2) is 10.8 Å². The molecule has 2 aliphatic rings. The number of carbonyl (C=O) groups is 1. The number of hydrazone groups is 1. The van der Waals surface area contributed by atoms with Crippen molar-refractivity contribution in [3.8, 4) is 0 Å². The first kappa shape index (κ1) is 13.2. The van der Waals surface area contributed by atoms with Gasteiger partial charge in [-0.2, -0.15) is 10.2 Å². The van der Waals surface area contributed by atoms with Crippen LogP contribution in [-0.2, 0) is 0 Å². The lowest BCUT2D eigenvalue weighted by atomic mass is 10.1. The maximum atomic E-state index is 12.1. The molecule has 0 unspecified atom stereocenters. The maximum Gasteiger partial charge on any atom is 0.214 e. The normalized spacial score (nSPS) is 16.1. The summed E-state index contributed by atoms with van der Waals surface area (Å²) >= 11 is 0. The maximum absolute atomic E-state index is 12.1. The Bertz CT molecular complexity index is 628. The van der Waals surface area contributed by atoms with Crippen LogP contribution >= 0.6 is 0 Å². The second-order valence-electron chi connectivity index (χ2n) is 4.05. The molecule has 0 amide bonds. The number of hydrazine groups is 1. The molecule has 1 heterocycles. The minimum atomic E-state index is -0.114. The molecule has 1 aromatic carbocycles. The van der Waals surface area contributed by atoms with Crippen molar-refractivity contribution in [1.82, 2.24) is 5.12 Å². The van der Waals surface area contributed by atoms with Crippen molar-refractivity contribution in [2.75, 3.05) is 0 Å². The molecule has 5 heteroatoms. The highest BCUT2D eigenvalue weighted by atomic mass is 16.1. The molecule has 0 spiro atoms. The average Bonchev–Trinajstić information content (AvgIpc) is 2.66. The van der Waals surface area contributed by atoms with E-state index in [4.69, 9.17) is 5.84 Å². The first-order valence-corrected chi connectivity index (χ1v) is 6.15. The number of nitrogens with zero attached hydrogens (tertiary/aromatic N) is 3. The summed E-state index contributed by atoms with van der Waals surface area (Å²) < 4.78 is 0. The second kappa shape index (κ2) is 4.78. The molecule has 0 saturated carbocycles. The van der Waals surface area contributed by atoms with Gasteiger partial charge in [0.15, 0.2) is 5.82 Å². The summed E-state index contributed by atoms with van der Waals surface area (Å²) in [5.41, 5.74) is 3.30. The van der Waals surface area contributed by atoms with Crippen molar-refractivity contribution in [3.63, 3.8) is 0 Å². The summed E-state index contributed by atoms with van der Waals surface area (Å²) in [6, 6.07) is 5.64. The summed E-state index contributed by atoms with van der Waals surface area (Å²) in [6.45, 7) is 9.56. The van der Waals surface area contributed by atoms with Gasteiger partial charge >= 0.3 is 0 Å². The second-order valence-corrected chi connectivity index (χ2v) is 4.05. The third-order valence-electron chi connectivity index (χ3n) is 2.83. The highest BCUT2D eigenvalue weighted by molar-refractivity contribution is 6.78. The van der Waals surface area contributed by atoms with Crippen molar-refractivity contribution in [2.45, 2.75) is 20.8 Å². The number of fused-ring (bicyclic) bond motifs is 3. The quantitative estimate of drug-likeness (QED) is 0.722. The standard InChI is InChI=1S/C12H10N4O.C2H6/c1-6-3-4-8-9(5-6)12(17)11-10(8)15-16(13)7(2)14-11;1-2/h3-5H,2,13H2,1H3;1-2H3. The van der Waals surface area contributed by atoms with E-state index >= 15 is 0 Å². The smallest absolute Gasteiger partial charge is 0.214 e. The van der Waals surface area contributed by atoms with Gasteiger partial charge in [0.05, 0.1) is 0 Å². The predicted octanol–water partition coefficient (Wildman–Crippen LogP) is 2.02. The van der Waals surface area contributed by atoms with Crippen LogP contribution in [0.1, 0.15) is 35.3 Å². The number of aryl methyl sites for hydroxylation is 1. The average molecular weight is 256 g/mol. The fourth-order valence-corrected chi connectivity index (χ4v) is 1.97. The Morgan fingerprint density at radius 3 is 2.58 bits per heavy atom. The van der Waals surface area contributed by atoms with Crippen molar-refractivity contribution in [1.29, 1.82) is 0 Å². The summed E-state index contributed by atoms with van der Waals surface area (Å²) in [7, 11) is 0. The molecule has 0 aromatic heterocycles. The van der Waals surface area contributed by atoms with Crippen LogP contribution in [0.4, 0.5) is 0 Å². The summed E-state index contributed by atoms with van der Waals surface area (Å²) in [5, 5.41) is 5.21. The van der Waals surface area contributed by atoms with Crippen LogP contribution in [0.25, 0.3) is 0 Å². The Morgan fingerprint density at radius 2 is 1.89 bits per heavy atom. The minimum absolute atomic E-state index is 0.114. The van der Waals surface area contributed by atoms with Gasteiger partial charge in [0, 0.05) is 11.1 Å². The minimum Gasteiger partial charge on any atom is -0.287 e. The van der Waals surface area contributed by atoms with E-state index < -0.39 is 0 Å². The Kier molecular flexibility index (Phi) is 3.31. The van der Waals surface area contributed by atoms with Crippen LogP contribution in [0.3, 0.4) is 0 Å². The molecule has 0 saturated heterocycles. The Hall–Kier alpha value is -2.27. The number of aliphatic imine (C=N–C) groups is 1. The topological polar surface area (TPSA) is 71.0 Å². The zero-order valence-corrected chi connectivity index (χ0v) is 11.3. The fraction of sp³-hybridized carbons (Fsp3) is 0.214. The van der Waals surface area contributed by atoms with E-state index in [1.165, 1.54) is 0 Å². The van der Waals surface area contributed by atoms with Crippen LogP contribution in [0.15, 0.2) is 40.7 Å². The van der Waals surface area contributed by atoms with Crippen LogP contribution in [0.2, 0.25) is 0 Å². The van der Waals surface area contributed by atoms with Crippen LogP contribution in [0.5, 0.6) is 0 Å². The molecule has 1 aromatic rings. The van der Waals surface area contributed by atoms with Crippen molar-refractivity contribution in [2.24, 2.45) is 15.9 Å². The first-order chi connectivity index (χ1) is 9.08. The van der Waals surface area contributed by atoms with E-state index in [0.717, 1.165) is 16.2 Å². The third-order valence-corrected chi connectivity index (χ3v) is 2.83. The molecule has 0 bridgehead atoms. The highest BCUT2D eigenvalue weighted by Gasteiger charge is 2.35. The number of Topliss-reactive ketones (excluding diaryl/α,β-unsaturated/α-hetero) is 1.